The molecule has 1 atom stereocenters. The number of hydrogen-bond donors (Lipinski definition) is 0. The van der Waals surface area contributed by atoms with Gasteiger partial charge in [-0.05, 0) is 29.9 Å². The SMILES string of the molecule is CC(C)C(Br)C(=O)N1CCCc2ccccc2C1. The number of carbonyl (C=O) groups is 1. The fraction of sp³-hybridized carbons (Fsp3) is 0.533. The second kappa shape index (κ2) is 5.87. The van der Waals surface area contributed by atoms with E-state index in [-0.39, 0.29) is 10.7 Å². The average Bonchev–Trinajstić information content (AvgIpc) is 2.58. The van der Waals surface area contributed by atoms with Crippen molar-refractivity contribution in [1.82, 2.24) is 4.90 Å². The van der Waals surface area contributed by atoms with Crippen molar-refractivity contribution in [2.75, 3.05) is 6.54 Å². The third-order valence-corrected chi connectivity index (χ3v) is 4.94. The number of amides is 1. The van der Waals surface area contributed by atoms with E-state index in [1.54, 1.807) is 0 Å². The van der Waals surface area contributed by atoms with Crippen molar-refractivity contribution < 1.29 is 4.79 Å². The highest BCUT2D eigenvalue weighted by Gasteiger charge is 2.26. The first kappa shape index (κ1) is 13.6. The van der Waals surface area contributed by atoms with Crippen LogP contribution in [-0.4, -0.2) is 22.2 Å². The Hall–Kier alpha value is -0.830. The third-order valence-electron chi connectivity index (χ3n) is 3.49. The molecule has 98 valence electrons. The van der Waals surface area contributed by atoms with E-state index in [9.17, 15) is 4.79 Å². The monoisotopic (exact) mass is 309 g/mol. The maximum absolute atomic E-state index is 12.4. The van der Waals surface area contributed by atoms with Crippen molar-refractivity contribution in [2.24, 2.45) is 5.92 Å². The predicted octanol–water partition coefficient (Wildman–Crippen LogP) is 3.38. The molecule has 0 saturated carbocycles. The summed E-state index contributed by atoms with van der Waals surface area (Å²) in [5, 5.41) is 0. The van der Waals surface area contributed by atoms with Crippen LogP contribution in [0.1, 0.15) is 31.4 Å². The summed E-state index contributed by atoms with van der Waals surface area (Å²) in [4.78, 5) is 14.3. The molecule has 0 spiro atoms. The molecule has 0 fully saturated rings. The minimum absolute atomic E-state index is 0.0669. The van der Waals surface area contributed by atoms with Crippen molar-refractivity contribution in [3.8, 4) is 0 Å². The van der Waals surface area contributed by atoms with E-state index in [2.05, 4.69) is 54.0 Å². The molecule has 18 heavy (non-hydrogen) atoms. The lowest BCUT2D eigenvalue weighted by Gasteiger charge is -2.25. The van der Waals surface area contributed by atoms with E-state index in [1.807, 2.05) is 4.90 Å². The molecule has 0 bridgehead atoms. The molecule has 3 heteroatoms. The van der Waals surface area contributed by atoms with Crippen LogP contribution >= 0.6 is 15.9 Å². The molecule has 0 saturated heterocycles. The number of rotatable bonds is 2. The van der Waals surface area contributed by atoms with Crippen molar-refractivity contribution >= 4 is 21.8 Å². The van der Waals surface area contributed by atoms with Crippen LogP contribution in [0.15, 0.2) is 24.3 Å². The van der Waals surface area contributed by atoms with Crippen molar-refractivity contribution in [3.63, 3.8) is 0 Å². The number of alkyl halides is 1. The second-order valence-corrected chi connectivity index (χ2v) is 6.26. The summed E-state index contributed by atoms with van der Waals surface area (Å²) in [5.74, 6) is 0.553. The number of aryl methyl sites for hydroxylation is 1. The molecule has 1 aromatic rings. The van der Waals surface area contributed by atoms with Gasteiger partial charge in [0.2, 0.25) is 5.91 Å². The molecule has 1 aliphatic heterocycles. The molecular formula is C15H20BrNO. The zero-order valence-corrected chi connectivity index (χ0v) is 12.6. The van der Waals surface area contributed by atoms with E-state index in [0.29, 0.717) is 5.92 Å². The highest BCUT2D eigenvalue weighted by molar-refractivity contribution is 9.10. The lowest BCUT2D eigenvalue weighted by Crippen LogP contribution is -2.38. The molecule has 0 N–H and O–H groups in total. The van der Waals surface area contributed by atoms with E-state index in [0.717, 1.165) is 25.9 Å². The molecule has 2 nitrogen and oxygen atoms in total. The van der Waals surface area contributed by atoms with Crippen LogP contribution in [0.5, 0.6) is 0 Å². The quantitative estimate of drug-likeness (QED) is 0.767. The molecule has 1 amide bonds. The van der Waals surface area contributed by atoms with Crippen LogP contribution in [0.4, 0.5) is 0 Å². The fourth-order valence-corrected chi connectivity index (χ4v) is 2.64. The van der Waals surface area contributed by atoms with Crippen LogP contribution in [0.3, 0.4) is 0 Å². The smallest absolute Gasteiger partial charge is 0.236 e. The van der Waals surface area contributed by atoms with Gasteiger partial charge in [-0.25, -0.2) is 0 Å². The summed E-state index contributed by atoms with van der Waals surface area (Å²) in [5.41, 5.74) is 2.69. The highest BCUT2D eigenvalue weighted by Crippen LogP contribution is 2.22. The Bertz CT molecular complexity index is 430. The van der Waals surface area contributed by atoms with Crippen LogP contribution in [0.2, 0.25) is 0 Å². The van der Waals surface area contributed by atoms with E-state index in [4.69, 9.17) is 0 Å². The average molecular weight is 310 g/mol. The number of hydrogen-bond acceptors (Lipinski definition) is 1. The zero-order chi connectivity index (χ0) is 13.1. The Labute approximate surface area is 117 Å². The van der Waals surface area contributed by atoms with Gasteiger partial charge in [-0.1, -0.05) is 54.0 Å². The molecule has 1 aliphatic rings. The molecular weight excluding hydrogens is 290 g/mol. The van der Waals surface area contributed by atoms with Gasteiger partial charge in [0.1, 0.15) is 0 Å². The second-order valence-electron chi connectivity index (χ2n) is 5.28. The number of carbonyl (C=O) groups excluding carboxylic acids is 1. The van der Waals surface area contributed by atoms with Gasteiger partial charge in [0, 0.05) is 13.1 Å². The predicted molar refractivity (Wildman–Crippen MR) is 77.7 cm³/mol. The molecule has 1 heterocycles. The minimum Gasteiger partial charge on any atom is -0.337 e. The van der Waals surface area contributed by atoms with Crippen molar-refractivity contribution in [3.05, 3.63) is 35.4 Å². The van der Waals surface area contributed by atoms with Gasteiger partial charge in [-0.2, -0.15) is 0 Å². The van der Waals surface area contributed by atoms with Gasteiger partial charge in [0.05, 0.1) is 4.83 Å². The lowest BCUT2D eigenvalue weighted by molar-refractivity contribution is -0.131. The summed E-state index contributed by atoms with van der Waals surface area (Å²) in [6.07, 6.45) is 2.13. The van der Waals surface area contributed by atoms with Crippen LogP contribution in [0.25, 0.3) is 0 Å². The first-order valence-electron chi connectivity index (χ1n) is 6.59. The zero-order valence-electron chi connectivity index (χ0n) is 11.0. The molecule has 0 aliphatic carbocycles. The minimum atomic E-state index is -0.0669. The molecule has 0 aromatic heterocycles. The Balaban J connectivity index is 2.15. The largest absolute Gasteiger partial charge is 0.337 e. The van der Waals surface area contributed by atoms with E-state index >= 15 is 0 Å². The van der Waals surface area contributed by atoms with Gasteiger partial charge < -0.3 is 4.90 Å². The summed E-state index contributed by atoms with van der Waals surface area (Å²) < 4.78 is 0. The summed E-state index contributed by atoms with van der Waals surface area (Å²) in [6.45, 7) is 5.76. The Kier molecular flexibility index (Phi) is 4.44. The fourth-order valence-electron chi connectivity index (χ4n) is 2.35. The first-order valence-corrected chi connectivity index (χ1v) is 7.51. The topological polar surface area (TPSA) is 20.3 Å². The molecule has 1 aromatic carbocycles. The summed E-state index contributed by atoms with van der Waals surface area (Å²) in [7, 11) is 0. The van der Waals surface area contributed by atoms with Crippen LogP contribution in [-0.2, 0) is 17.8 Å². The maximum Gasteiger partial charge on any atom is 0.236 e. The van der Waals surface area contributed by atoms with Crippen LogP contribution < -0.4 is 0 Å². The Morgan fingerprint density at radius 1 is 1.28 bits per heavy atom. The Morgan fingerprint density at radius 3 is 2.61 bits per heavy atom. The maximum atomic E-state index is 12.4. The number of benzene rings is 1. The molecule has 0 radical (unpaired) electrons. The Morgan fingerprint density at radius 2 is 1.94 bits per heavy atom. The number of nitrogens with zero attached hydrogens (tertiary/aromatic N) is 1. The van der Waals surface area contributed by atoms with E-state index in [1.165, 1.54) is 11.1 Å². The third kappa shape index (κ3) is 2.94. The van der Waals surface area contributed by atoms with Crippen LogP contribution in [0, 0.1) is 5.92 Å². The summed E-state index contributed by atoms with van der Waals surface area (Å²) in [6, 6.07) is 8.45. The van der Waals surface area contributed by atoms with E-state index < -0.39 is 0 Å². The number of fused-ring (bicyclic) bond motifs is 1. The standard InChI is InChI=1S/C15H20BrNO/c1-11(2)14(16)15(18)17-9-5-8-12-6-3-4-7-13(12)10-17/h3-4,6-7,11,14H,5,8-10H2,1-2H3. The normalized spacial score (nSPS) is 17.2. The highest BCUT2D eigenvalue weighted by atomic mass is 79.9. The first-order chi connectivity index (χ1) is 8.59. The van der Waals surface area contributed by atoms with Crippen molar-refractivity contribution in [1.29, 1.82) is 0 Å². The molecule has 2 rings (SSSR count). The van der Waals surface area contributed by atoms with Gasteiger partial charge in [-0.3, -0.25) is 4.79 Å². The lowest BCUT2D eigenvalue weighted by atomic mass is 10.0. The number of halogens is 1. The van der Waals surface area contributed by atoms with Gasteiger partial charge in [0.25, 0.3) is 0 Å². The molecule has 1 unspecified atom stereocenters. The van der Waals surface area contributed by atoms with Gasteiger partial charge >= 0.3 is 0 Å². The van der Waals surface area contributed by atoms with Gasteiger partial charge in [0.15, 0.2) is 0 Å². The van der Waals surface area contributed by atoms with Crippen molar-refractivity contribution in [2.45, 2.75) is 38.1 Å². The summed E-state index contributed by atoms with van der Waals surface area (Å²) >= 11 is 3.52. The van der Waals surface area contributed by atoms with Gasteiger partial charge in [-0.15, -0.1) is 0 Å².